The molecule has 2 rings (SSSR count). The minimum atomic E-state index is 0.807. The van der Waals surface area contributed by atoms with Gasteiger partial charge in [0.2, 0.25) is 0 Å². The Bertz CT molecular complexity index is 513. The Balaban J connectivity index is 1.66. The molecule has 0 aliphatic carbocycles. The maximum atomic E-state index is 5.99. The van der Waals surface area contributed by atoms with Gasteiger partial charge < -0.3 is 10.2 Å². The van der Waals surface area contributed by atoms with Crippen LogP contribution in [0.1, 0.15) is 12.0 Å². The maximum absolute atomic E-state index is 5.99. The summed E-state index contributed by atoms with van der Waals surface area (Å²) in [5.74, 6) is 0. The Hall–Kier alpha value is -1.51. The zero-order valence-corrected chi connectivity index (χ0v) is 12.6. The third kappa shape index (κ3) is 5.24. The number of para-hydroxylation sites is 1. The fourth-order valence-electron chi connectivity index (χ4n) is 2.16. The largest absolute Gasteiger partial charge is 0.385 e. The van der Waals surface area contributed by atoms with Gasteiger partial charge in [-0.05, 0) is 49.8 Å². The van der Waals surface area contributed by atoms with Gasteiger partial charge in [-0.2, -0.15) is 0 Å². The summed E-state index contributed by atoms with van der Waals surface area (Å²) < 4.78 is 0. The Morgan fingerprint density at radius 1 is 1.05 bits per heavy atom. The molecule has 3 heteroatoms. The topological polar surface area (TPSA) is 15.3 Å². The van der Waals surface area contributed by atoms with E-state index in [1.54, 1.807) is 0 Å². The number of rotatable bonds is 7. The molecular weight excluding hydrogens is 268 g/mol. The van der Waals surface area contributed by atoms with Crippen LogP contribution in [0.25, 0.3) is 0 Å². The quantitative estimate of drug-likeness (QED) is 0.765. The summed E-state index contributed by atoms with van der Waals surface area (Å²) in [4.78, 5) is 2.32. The van der Waals surface area contributed by atoms with Crippen LogP contribution >= 0.6 is 11.6 Å². The van der Waals surface area contributed by atoms with Gasteiger partial charge in [0, 0.05) is 23.8 Å². The fraction of sp³-hybridized carbons (Fsp3) is 0.294. The van der Waals surface area contributed by atoms with Crippen molar-refractivity contribution in [2.75, 3.05) is 25.5 Å². The van der Waals surface area contributed by atoms with E-state index in [9.17, 15) is 0 Å². The number of benzene rings is 2. The molecule has 0 amide bonds. The molecule has 0 fully saturated rings. The van der Waals surface area contributed by atoms with Crippen LogP contribution < -0.4 is 5.32 Å². The molecule has 2 aromatic carbocycles. The van der Waals surface area contributed by atoms with E-state index < -0.39 is 0 Å². The van der Waals surface area contributed by atoms with Gasteiger partial charge in [-0.15, -0.1) is 0 Å². The number of hydrogen-bond donors (Lipinski definition) is 1. The van der Waals surface area contributed by atoms with Crippen molar-refractivity contribution in [3.05, 3.63) is 65.2 Å². The summed E-state index contributed by atoms with van der Waals surface area (Å²) in [5.41, 5.74) is 2.45. The summed E-state index contributed by atoms with van der Waals surface area (Å²) in [5, 5.41) is 4.23. The van der Waals surface area contributed by atoms with Gasteiger partial charge in [-0.25, -0.2) is 0 Å². The van der Waals surface area contributed by atoms with E-state index in [-0.39, 0.29) is 0 Å². The molecule has 20 heavy (non-hydrogen) atoms. The van der Waals surface area contributed by atoms with Crippen LogP contribution in [-0.4, -0.2) is 25.0 Å². The van der Waals surface area contributed by atoms with Gasteiger partial charge in [0.15, 0.2) is 0 Å². The molecule has 106 valence electrons. The molecule has 0 aliphatic rings. The first-order valence-corrected chi connectivity index (χ1v) is 7.34. The molecule has 0 saturated carbocycles. The van der Waals surface area contributed by atoms with Crippen LogP contribution in [0.15, 0.2) is 54.6 Å². The second-order valence-electron chi connectivity index (χ2n) is 5.01. The number of halogens is 1. The highest BCUT2D eigenvalue weighted by atomic mass is 35.5. The highest BCUT2D eigenvalue weighted by molar-refractivity contribution is 6.30. The summed E-state index contributed by atoms with van der Waals surface area (Å²) in [7, 11) is 2.14. The standard InChI is InChI=1S/C17H21ClN2/c1-20(14-15-7-5-8-16(18)13-15)12-6-11-19-17-9-3-2-4-10-17/h2-5,7-10,13,19H,6,11-12,14H2,1H3. The number of nitrogens with one attached hydrogen (secondary N) is 1. The molecule has 0 atom stereocenters. The van der Waals surface area contributed by atoms with Crippen molar-refractivity contribution in [2.24, 2.45) is 0 Å². The SMILES string of the molecule is CN(CCCNc1ccccc1)Cc1cccc(Cl)c1. The van der Waals surface area contributed by atoms with Gasteiger partial charge in [0.05, 0.1) is 0 Å². The van der Waals surface area contributed by atoms with E-state index in [1.165, 1.54) is 11.3 Å². The average molecular weight is 289 g/mol. The molecular formula is C17H21ClN2. The van der Waals surface area contributed by atoms with Crippen molar-refractivity contribution >= 4 is 17.3 Å². The number of hydrogen-bond acceptors (Lipinski definition) is 2. The van der Waals surface area contributed by atoms with Gasteiger partial charge in [-0.1, -0.05) is 41.9 Å². The molecule has 0 unspecified atom stereocenters. The minimum Gasteiger partial charge on any atom is -0.385 e. The maximum Gasteiger partial charge on any atom is 0.0409 e. The Labute approximate surface area is 126 Å². The van der Waals surface area contributed by atoms with Crippen LogP contribution in [0, 0.1) is 0 Å². The summed E-state index contributed by atoms with van der Waals surface area (Å²) in [6, 6.07) is 18.4. The summed E-state index contributed by atoms with van der Waals surface area (Å²) >= 11 is 5.99. The molecule has 0 aliphatic heterocycles. The first-order chi connectivity index (χ1) is 9.74. The molecule has 0 spiro atoms. The van der Waals surface area contributed by atoms with Crippen molar-refractivity contribution in [3.63, 3.8) is 0 Å². The minimum absolute atomic E-state index is 0.807. The lowest BCUT2D eigenvalue weighted by molar-refractivity contribution is 0.325. The fourth-order valence-corrected chi connectivity index (χ4v) is 2.38. The summed E-state index contributed by atoms with van der Waals surface area (Å²) in [6.45, 7) is 2.99. The predicted molar refractivity (Wildman–Crippen MR) is 87.3 cm³/mol. The van der Waals surface area contributed by atoms with Gasteiger partial charge in [0.25, 0.3) is 0 Å². The molecule has 0 aromatic heterocycles. The second kappa shape index (κ2) is 7.93. The third-order valence-corrected chi connectivity index (χ3v) is 3.40. The average Bonchev–Trinajstić information content (AvgIpc) is 2.45. The van der Waals surface area contributed by atoms with E-state index >= 15 is 0 Å². The molecule has 0 radical (unpaired) electrons. The van der Waals surface area contributed by atoms with Crippen LogP contribution in [0.5, 0.6) is 0 Å². The van der Waals surface area contributed by atoms with Gasteiger partial charge >= 0.3 is 0 Å². The predicted octanol–water partition coefficient (Wildman–Crippen LogP) is 4.27. The second-order valence-corrected chi connectivity index (χ2v) is 5.45. The van der Waals surface area contributed by atoms with E-state index in [2.05, 4.69) is 35.5 Å². The van der Waals surface area contributed by atoms with Crippen LogP contribution in [0.2, 0.25) is 5.02 Å². The number of anilines is 1. The van der Waals surface area contributed by atoms with E-state index in [0.717, 1.165) is 31.1 Å². The van der Waals surface area contributed by atoms with Crippen LogP contribution in [0.3, 0.4) is 0 Å². The third-order valence-electron chi connectivity index (χ3n) is 3.16. The zero-order chi connectivity index (χ0) is 14.2. The zero-order valence-electron chi connectivity index (χ0n) is 11.8. The molecule has 2 aromatic rings. The normalized spacial score (nSPS) is 10.8. The molecule has 1 N–H and O–H groups in total. The van der Waals surface area contributed by atoms with Crippen LogP contribution in [-0.2, 0) is 6.54 Å². The lowest BCUT2D eigenvalue weighted by atomic mass is 10.2. The van der Waals surface area contributed by atoms with E-state index in [4.69, 9.17) is 11.6 Å². The van der Waals surface area contributed by atoms with E-state index in [1.807, 2.05) is 36.4 Å². The van der Waals surface area contributed by atoms with Crippen molar-refractivity contribution < 1.29 is 0 Å². The molecule has 0 bridgehead atoms. The van der Waals surface area contributed by atoms with Gasteiger partial charge in [-0.3, -0.25) is 0 Å². The van der Waals surface area contributed by atoms with Crippen molar-refractivity contribution in [2.45, 2.75) is 13.0 Å². The Morgan fingerprint density at radius 3 is 2.60 bits per heavy atom. The lowest BCUT2D eigenvalue weighted by Crippen LogP contribution is -2.21. The Morgan fingerprint density at radius 2 is 1.85 bits per heavy atom. The highest BCUT2D eigenvalue weighted by Gasteiger charge is 2.01. The molecule has 0 heterocycles. The van der Waals surface area contributed by atoms with Crippen molar-refractivity contribution in [1.29, 1.82) is 0 Å². The first-order valence-electron chi connectivity index (χ1n) is 6.96. The first kappa shape index (κ1) is 14.9. The van der Waals surface area contributed by atoms with Crippen molar-refractivity contribution in [3.8, 4) is 0 Å². The van der Waals surface area contributed by atoms with Crippen molar-refractivity contribution in [1.82, 2.24) is 4.90 Å². The van der Waals surface area contributed by atoms with Gasteiger partial charge in [0.1, 0.15) is 0 Å². The van der Waals surface area contributed by atoms with E-state index in [0.29, 0.717) is 0 Å². The molecule has 0 saturated heterocycles. The monoisotopic (exact) mass is 288 g/mol. The van der Waals surface area contributed by atoms with Crippen LogP contribution in [0.4, 0.5) is 5.69 Å². The number of nitrogens with zero attached hydrogens (tertiary/aromatic N) is 1. The smallest absolute Gasteiger partial charge is 0.0409 e. The Kier molecular flexibility index (Phi) is 5.90. The highest BCUT2D eigenvalue weighted by Crippen LogP contribution is 2.12. The lowest BCUT2D eigenvalue weighted by Gasteiger charge is -2.17. The molecule has 2 nitrogen and oxygen atoms in total. The summed E-state index contributed by atoms with van der Waals surface area (Å²) in [6.07, 6.45) is 1.12.